The molecule has 0 aromatic rings. The Hall–Kier alpha value is -1.25. The average molecular weight is 314 g/mol. The summed E-state index contributed by atoms with van der Waals surface area (Å²) in [5.74, 6) is -2.31. The molecule has 2 aliphatic rings. The Morgan fingerprint density at radius 3 is 2.40 bits per heavy atom. The molecule has 5 nitrogen and oxygen atoms in total. The van der Waals surface area contributed by atoms with Crippen molar-refractivity contribution in [3.8, 4) is 0 Å². The summed E-state index contributed by atoms with van der Waals surface area (Å²) in [6.45, 7) is 3.18. The third-order valence-corrected chi connectivity index (χ3v) is 5.44. The lowest BCUT2D eigenvalue weighted by Gasteiger charge is -2.35. The van der Waals surface area contributed by atoms with Crippen LogP contribution in [0.1, 0.15) is 26.7 Å². The summed E-state index contributed by atoms with van der Waals surface area (Å²) in [7, 11) is -5.86. The molecule has 1 N–H and O–H groups in total. The Balaban J connectivity index is 2.46. The Kier molecular flexibility index (Phi) is 2.95. The number of carboxylic acid groups (broad SMARTS) is 1. The number of carbonyl (C=O) groups is 1. The van der Waals surface area contributed by atoms with Gasteiger partial charge in [-0.3, -0.25) is 4.79 Å². The zero-order chi connectivity index (χ0) is 15.6. The van der Waals surface area contributed by atoms with Gasteiger partial charge >= 0.3 is 21.6 Å². The molecule has 0 aromatic heterocycles. The number of allylic oxidation sites excluding steroid dienone is 1. The summed E-state index contributed by atoms with van der Waals surface area (Å²) in [5.41, 5.74) is -8.20. The van der Waals surface area contributed by atoms with Crippen LogP contribution in [0.15, 0.2) is 11.8 Å². The highest BCUT2D eigenvalue weighted by Gasteiger charge is 2.67. The molecule has 0 unspecified atom stereocenters. The summed E-state index contributed by atoms with van der Waals surface area (Å²) < 4.78 is 63.4. The van der Waals surface area contributed by atoms with Crippen molar-refractivity contribution in [3.05, 3.63) is 11.8 Å². The molecule has 1 saturated carbocycles. The molecule has 0 saturated heterocycles. The lowest BCUT2D eigenvalue weighted by atomic mass is 9.68. The number of fused-ring (bicyclic) bond motifs is 2. The van der Waals surface area contributed by atoms with E-state index >= 15 is 0 Å². The standard InChI is InChI=1S/C11H13F3O5S/c1-9(2)6-3-4-10(9,8(15)16)7(5-6)19-20(17,18)11(12,13)14/h5-6H,3-4H2,1-2H3,(H,15,16)/t6-,10+/m1/s1. The fourth-order valence-electron chi connectivity index (χ4n) is 3.18. The van der Waals surface area contributed by atoms with Gasteiger partial charge in [0.1, 0.15) is 11.2 Å². The van der Waals surface area contributed by atoms with Crippen molar-refractivity contribution in [1.82, 2.24) is 0 Å². The van der Waals surface area contributed by atoms with Gasteiger partial charge < -0.3 is 9.29 Å². The van der Waals surface area contributed by atoms with E-state index in [9.17, 15) is 31.5 Å². The summed E-state index contributed by atoms with van der Waals surface area (Å²) in [6, 6.07) is 0. The molecule has 9 heteroatoms. The van der Waals surface area contributed by atoms with Gasteiger partial charge in [-0.05, 0) is 30.3 Å². The maximum Gasteiger partial charge on any atom is 0.534 e. The molecule has 0 amide bonds. The van der Waals surface area contributed by atoms with Gasteiger partial charge in [0.05, 0.1) is 0 Å². The molecule has 0 aliphatic heterocycles. The van der Waals surface area contributed by atoms with Gasteiger partial charge in [0.15, 0.2) is 0 Å². The lowest BCUT2D eigenvalue weighted by molar-refractivity contribution is -0.153. The predicted octanol–water partition coefficient (Wildman–Crippen LogP) is 2.26. The van der Waals surface area contributed by atoms with Crippen LogP contribution >= 0.6 is 0 Å². The van der Waals surface area contributed by atoms with Crippen LogP contribution in [0.2, 0.25) is 0 Å². The first-order chi connectivity index (χ1) is 8.86. The van der Waals surface area contributed by atoms with E-state index < -0.39 is 38.2 Å². The topological polar surface area (TPSA) is 80.7 Å². The second-order valence-electron chi connectivity index (χ2n) is 5.59. The van der Waals surface area contributed by atoms with E-state index in [1.165, 1.54) is 6.08 Å². The maximum absolute atomic E-state index is 12.4. The number of rotatable bonds is 3. The summed E-state index contributed by atoms with van der Waals surface area (Å²) in [5, 5.41) is 9.40. The Labute approximate surface area is 113 Å². The van der Waals surface area contributed by atoms with Gasteiger partial charge in [-0.2, -0.15) is 21.6 Å². The van der Waals surface area contributed by atoms with Gasteiger partial charge in [-0.15, -0.1) is 0 Å². The first-order valence-electron chi connectivity index (χ1n) is 5.83. The van der Waals surface area contributed by atoms with Gasteiger partial charge in [0.25, 0.3) is 0 Å². The van der Waals surface area contributed by atoms with Crippen LogP contribution in [0.4, 0.5) is 13.2 Å². The molecule has 0 heterocycles. The first kappa shape index (κ1) is 15.1. The van der Waals surface area contributed by atoms with Crippen LogP contribution in [0.25, 0.3) is 0 Å². The number of hydrogen-bond acceptors (Lipinski definition) is 4. The zero-order valence-electron chi connectivity index (χ0n) is 10.7. The first-order valence-corrected chi connectivity index (χ1v) is 7.23. The fourth-order valence-corrected chi connectivity index (χ4v) is 3.71. The van der Waals surface area contributed by atoms with Crippen molar-refractivity contribution in [3.63, 3.8) is 0 Å². The Morgan fingerprint density at radius 2 is 2.00 bits per heavy atom. The van der Waals surface area contributed by atoms with Crippen LogP contribution in [0.5, 0.6) is 0 Å². The zero-order valence-corrected chi connectivity index (χ0v) is 11.5. The van der Waals surface area contributed by atoms with Gasteiger partial charge in [-0.1, -0.05) is 13.8 Å². The van der Waals surface area contributed by atoms with Gasteiger partial charge in [-0.25, -0.2) is 0 Å². The maximum atomic E-state index is 12.4. The molecule has 2 bridgehead atoms. The number of hydrogen-bond donors (Lipinski definition) is 1. The quantitative estimate of drug-likeness (QED) is 0.638. The van der Waals surface area contributed by atoms with Crippen LogP contribution in [0.3, 0.4) is 0 Å². The molecule has 0 radical (unpaired) electrons. The summed E-state index contributed by atoms with van der Waals surface area (Å²) in [6.07, 6.45) is 1.72. The molecular weight excluding hydrogens is 301 g/mol. The number of halogens is 3. The number of carboxylic acids is 1. The monoisotopic (exact) mass is 314 g/mol. The number of alkyl halides is 3. The number of aliphatic carboxylic acids is 1. The summed E-state index contributed by atoms with van der Waals surface area (Å²) >= 11 is 0. The van der Waals surface area contributed by atoms with Crippen molar-refractivity contribution in [2.45, 2.75) is 32.2 Å². The van der Waals surface area contributed by atoms with Crippen molar-refractivity contribution >= 4 is 16.1 Å². The second-order valence-corrected chi connectivity index (χ2v) is 7.13. The van der Waals surface area contributed by atoms with Crippen LogP contribution in [0, 0.1) is 16.7 Å². The molecule has 0 aromatic carbocycles. The van der Waals surface area contributed by atoms with Crippen molar-refractivity contribution < 1.29 is 35.7 Å². The Bertz CT molecular complexity index is 590. The molecule has 114 valence electrons. The van der Waals surface area contributed by atoms with Gasteiger partial charge in [0, 0.05) is 0 Å². The van der Waals surface area contributed by atoms with Crippen molar-refractivity contribution in [2.75, 3.05) is 0 Å². The minimum Gasteiger partial charge on any atom is -0.480 e. The van der Waals surface area contributed by atoms with E-state index in [1.54, 1.807) is 13.8 Å². The molecule has 1 fully saturated rings. The van der Waals surface area contributed by atoms with E-state index in [0.717, 1.165) is 0 Å². The van der Waals surface area contributed by atoms with E-state index in [1.807, 2.05) is 0 Å². The molecule has 0 spiro atoms. The minimum atomic E-state index is -5.86. The van der Waals surface area contributed by atoms with Crippen LogP contribution < -0.4 is 0 Å². The van der Waals surface area contributed by atoms with E-state index in [2.05, 4.69) is 4.18 Å². The summed E-state index contributed by atoms with van der Waals surface area (Å²) in [4.78, 5) is 11.5. The predicted molar refractivity (Wildman–Crippen MR) is 60.7 cm³/mol. The molecular formula is C11H13F3O5S. The van der Waals surface area contributed by atoms with E-state index in [4.69, 9.17) is 0 Å². The van der Waals surface area contributed by atoms with Crippen LogP contribution in [-0.4, -0.2) is 25.0 Å². The van der Waals surface area contributed by atoms with Crippen LogP contribution in [-0.2, 0) is 19.1 Å². The highest BCUT2D eigenvalue weighted by molar-refractivity contribution is 7.87. The Morgan fingerprint density at radius 1 is 1.45 bits per heavy atom. The third kappa shape index (κ3) is 1.68. The largest absolute Gasteiger partial charge is 0.534 e. The van der Waals surface area contributed by atoms with E-state index in [0.29, 0.717) is 6.42 Å². The minimum absolute atomic E-state index is 0.0548. The molecule has 20 heavy (non-hydrogen) atoms. The normalized spacial score (nSPS) is 32.0. The highest BCUT2D eigenvalue weighted by atomic mass is 32.2. The molecule has 2 rings (SSSR count). The van der Waals surface area contributed by atoms with Crippen molar-refractivity contribution in [1.29, 1.82) is 0 Å². The van der Waals surface area contributed by atoms with E-state index in [-0.39, 0.29) is 12.3 Å². The smallest absolute Gasteiger partial charge is 0.480 e. The molecule has 2 atom stereocenters. The fraction of sp³-hybridized carbons (Fsp3) is 0.727. The highest BCUT2D eigenvalue weighted by Crippen LogP contribution is 2.66. The SMILES string of the molecule is CC1(C)[C@H]2C=C(OS(=O)(=O)C(F)(F)F)[C@]1(C(=O)O)CC2. The third-order valence-electron chi connectivity index (χ3n) is 4.48. The van der Waals surface area contributed by atoms with Gasteiger partial charge in [0.2, 0.25) is 0 Å². The second kappa shape index (κ2) is 3.90. The lowest BCUT2D eigenvalue weighted by Crippen LogP contribution is -2.42. The molecule has 2 aliphatic carbocycles. The van der Waals surface area contributed by atoms with Crippen molar-refractivity contribution in [2.24, 2.45) is 16.7 Å². The average Bonchev–Trinajstić information content (AvgIpc) is 2.61.